The minimum Gasteiger partial charge on any atom is -0.349 e. The Bertz CT molecular complexity index is 780. The first-order valence-electron chi connectivity index (χ1n) is 9.80. The number of amides is 2. The number of rotatable bonds is 6. The van der Waals surface area contributed by atoms with E-state index in [1.165, 1.54) is 12.8 Å². The fourth-order valence-corrected chi connectivity index (χ4v) is 3.57. The first-order chi connectivity index (χ1) is 13.0. The predicted molar refractivity (Wildman–Crippen MR) is 108 cm³/mol. The summed E-state index contributed by atoms with van der Waals surface area (Å²) in [6.45, 7) is 4.57. The molecule has 0 saturated heterocycles. The van der Waals surface area contributed by atoms with E-state index in [9.17, 15) is 9.59 Å². The van der Waals surface area contributed by atoms with Crippen LogP contribution in [0.1, 0.15) is 65.8 Å². The van der Waals surface area contributed by atoms with Crippen molar-refractivity contribution in [2.45, 2.75) is 58.2 Å². The molecule has 0 aliphatic heterocycles. The van der Waals surface area contributed by atoms with Gasteiger partial charge in [0.2, 0.25) is 0 Å². The van der Waals surface area contributed by atoms with Gasteiger partial charge in [-0.15, -0.1) is 0 Å². The molecule has 1 aliphatic rings. The molecule has 27 heavy (non-hydrogen) atoms. The van der Waals surface area contributed by atoms with Gasteiger partial charge in [-0.25, -0.2) is 0 Å². The number of nitrogens with zero attached hydrogens (tertiary/aromatic N) is 1. The third-order valence-corrected chi connectivity index (χ3v) is 5.14. The van der Waals surface area contributed by atoms with Crippen LogP contribution in [0.15, 0.2) is 54.6 Å². The molecule has 0 atom stereocenters. The molecule has 0 heterocycles. The summed E-state index contributed by atoms with van der Waals surface area (Å²) in [6, 6.07) is 17.4. The number of hydrogen-bond acceptors (Lipinski definition) is 2. The van der Waals surface area contributed by atoms with Crippen LogP contribution in [0.3, 0.4) is 0 Å². The van der Waals surface area contributed by atoms with Crippen molar-refractivity contribution in [3.8, 4) is 0 Å². The normalized spacial score (nSPS) is 14.3. The van der Waals surface area contributed by atoms with Gasteiger partial charge in [-0.1, -0.05) is 49.2 Å². The predicted octanol–water partition coefficient (Wildman–Crippen LogP) is 4.41. The molecule has 0 radical (unpaired) electrons. The smallest absolute Gasteiger partial charge is 0.254 e. The van der Waals surface area contributed by atoms with Gasteiger partial charge >= 0.3 is 0 Å². The molecule has 0 bridgehead atoms. The van der Waals surface area contributed by atoms with Gasteiger partial charge in [0.05, 0.1) is 0 Å². The first kappa shape index (κ1) is 19.2. The molecule has 4 nitrogen and oxygen atoms in total. The second-order valence-electron chi connectivity index (χ2n) is 7.55. The number of hydrogen-bond donors (Lipinski definition) is 1. The third-order valence-electron chi connectivity index (χ3n) is 5.14. The Morgan fingerprint density at radius 1 is 1.00 bits per heavy atom. The summed E-state index contributed by atoms with van der Waals surface area (Å²) < 4.78 is 0. The zero-order valence-corrected chi connectivity index (χ0v) is 16.2. The van der Waals surface area contributed by atoms with Crippen LogP contribution in [-0.2, 0) is 6.54 Å². The second kappa shape index (κ2) is 8.85. The van der Waals surface area contributed by atoms with Gasteiger partial charge in [-0.05, 0) is 50.5 Å². The molecule has 1 N–H and O–H groups in total. The molecule has 1 aliphatic carbocycles. The summed E-state index contributed by atoms with van der Waals surface area (Å²) in [4.78, 5) is 27.5. The highest BCUT2D eigenvalue weighted by atomic mass is 16.2. The van der Waals surface area contributed by atoms with Crippen LogP contribution in [0, 0.1) is 0 Å². The van der Waals surface area contributed by atoms with Crippen LogP contribution in [0.2, 0.25) is 0 Å². The maximum Gasteiger partial charge on any atom is 0.254 e. The van der Waals surface area contributed by atoms with Crippen molar-refractivity contribution in [3.05, 3.63) is 71.3 Å². The van der Waals surface area contributed by atoms with E-state index in [4.69, 9.17) is 0 Å². The van der Waals surface area contributed by atoms with E-state index in [0.29, 0.717) is 17.7 Å². The van der Waals surface area contributed by atoms with Crippen molar-refractivity contribution in [1.29, 1.82) is 0 Å². The number of carbonyl (C=O) groups is 2. The molecule has 2 aromatic rings. The molecule has 3 rings (SSSR count). The van der Waals surface area contributed by atoms with Gasteiger partial charge in [0, 0.05) is 29.8 Å². The minimum atomic E-state index is -0.0873. The van der Waals surface area contributed by atoms with Gasteiger partial charge in [-0.2, -0.15) is 0 Å². The van der Waals surface area contributed by atoms with Crippen molar-refractivity contribution in [1.82, 2.24) is 10.2 Å². The topological polar surface area (TPSA) is 49.4 Å². The highest BCUT2D eigenvalue weighted by Crippen LogP contribution is 2.19. The number of nitrogens with one attached hydrogen (secondary N) is 1. The molecular weight excluding hydrogens is 336 g/mol. The lowest BCUT2D eigenvalue weighted by atomic mass is 10.1. The van der Waals surface area contributed by atoms with Crippen molar-refractivity contribution in [3.63, 3.8) is 0 Å². The molecule has 2 amide bonds. The van der Waals surface area contributed by atoms with Crippen molar-refractivity contribution >= 4 is 11.8 Å². The maximum absolute atomic E-state index is 13.1. The average Bonchev–Trinajstić information content (AvgIpc) is 3.19. The molecule has 1 saturated carbocycles. The number of carbonyl (C=O) groups excluding carboxylic acids is 2. The van der Waals surface area contributed by atoms with E-state index < -0.39 is 0 Å². The fourth-order valence-electron chi connectivity index (χ4n) is 3.57. The lowest BCUT2D eigenvalue weighted by Crippen LogP contribution is -2.36. The van der Waals surface area contributed by atoms with Gasteiger partial charge in [-0.3, -0.25) is 9.59 Å². The van der Waals surface area contributed by atoms with E-state index >= 15 is 0 Å². The van der Waals surface area contributed by atoms with E-state index in [1.54, 1.807) is 24.3 Å². The quantitative estimate of drug-likeness (QED) is 0.825. The first-order valence-corrected chi connectivity index (χ1v) is 9.80. The lowest BCUT2D eigenvalue weighted by molar-refractivity contribution is 0.0690. The Morgan fingerprint density at radius 2 is 1.67 bits per heavy atom. The Hall–Kier alpha value is -2.62. The van der Waals surface area contributed by atoms with E-state index in [2.05, 4.69) is 5.32 Å². The van der Waals surface area contributed by atoms with E-state index in [1.807, 2.05) is 49.1 Å². The third kappa shape index (κ3) is 4.97. The van der Waals surface area contributed by atoms with Crippen LogP contribution in [0.25, 0.3) is 0 Å². The Kier molecular flexibility index (Phi) is 6.28. The maximum atomic E-state index is 13.1. The molecule has 0 aromatic heterocycles. The zero-order chi connectivity index (χ0) is 19.2. The molecule has 1 fully saturated rings. The van der Waals surface area contributed by atoms with Crippen molar-refractivity contribution in [2.24, 2.45) is 0 Å². The standard InChI is InChI=1S/C23H28N2O2/c1-17(2)25(16-18-9-4-3-5-10-18)23(27)20-12-8-11-19(15-20)22(26)24-21-13-6-7-14-21/h3-5,8-12,15,17,21H,6-7,13-14,16H2,1-2H3,(H,24,26). The average molecular weight is 364 g/mol. The van der Waals surface area contributed by atoms with E-state index in [0.717, 1.165) is 18.4 Å². The van der Waals surface area contributed by atoms with Gasteiger partial charge in [0.25, 0.3) is 11.8 Å². The summed E-state index contributed by atoms with van der Waals surface area (Å²) in [7, 11) is 0. The van der Waals surface area contributed by atoms with Crippen molar-refractivity contribution < 1.29 is 9.59 Å². The summed E-state index contributed by atoms with van der Waals surface area (Å²) in [5.41, 5.74) is 2.20. The monoisotopic (exact) mass is 364 g/mol. The van der Waals surface area contributed by atoms with Crippen LogP contribution in [0.4, 0.5) is 0 Å². The number of benzene rings is 2. The summed E-state index contributed by atoms with van der Waals surface area (Å²) in [6.07, 6.45) is 4.43. The molecule has 2 aromatic carbocycles. The lowest BCUT2D eigenvalue weighted by Gasteiger charge is -2.27. The minimum absolute atomic E-state index is 0.0515. The Labute approximate surface area is 161 Å². The summed E-state index contributed by atoms with van der Waals surface area (Å²) in [5, 5.41) is 3.09. The summed E-state index contributed by atoms with van der Waals surface area (Å²) >= 11 is 0. The van der Waals surface area contributed by atoms with Crippen LogP contribution in [-0.4, -0.2) is 28.8 Å². The van der Waals surface area contributed by atoms with Crippen LogP contribution < -0.4 is 5.32 Å². The molecular formula is C23H28N2O2. The second-order valence-corrected chi connectivity index (χ2v) is 7.55. The van der Waals surface area contributed by atoms with Gasteiger partial charge in [0.1, 0.15) is 0 Å². The van der Waals surface area contributed by atoms with Crippen molar-refractivity contribution in [2.75, 3.05) is 0 Å². The molecule has 4 heteroatoms. The van der Waals surface area contributed by atoms with Gasteiger partial charge < -0.3 is 10.2 Å². The summed E-state index contributed by atoms with van der Waals surface area (Å²) in [5.74, 6) is -0.139. The zero-order valence-electron chi connectivity index (χ0n) is 16.2. The molecule has 0 spiro atoms. The molecule has 142 valence electrons. The SMILES string of the molecule is CC(C)N(Cc1ccccc1)C(=O)c1cccc(C(=O)NC2CCCC2)c1. The Morgan fingerprint density at radius 3 is 2.33 bits per heavy atom. The van der Waals surface area contributed by atoms with Crippen LogP contribution >= 0.6 is 0 Å². The largest absolute Gasteiger partial charge is 0.349 e. The highest BCUT2D eigenvalue weighted by Gasteiger charge is 2.21. The van der Waals surface area contributed by atoms with E-state index in [-0.39, 0.29) is 23.9 Å². The highest BCUT2D eigenvalue weighted by molar-refractivity contribution is 5.99. The van der Waals surface area contributed by atoms with Crippen LogP contribution in [0.5, 0.6) is 0 Å². The molecule has 0 unspecified atom stereocenters. The van der Waals surface area contributed by atoms with Gasteiger partial charge in [0.15, 0.2) is 0 Å². The fraction of sp³-hybridized carbons (Fsp3) is 0.391. The Balaban J connectivity index is 1.75.